The second kappa shape index (κ2) is 5.09. The molecule has 0 aliphatic carbocycles. The molecule has 0 spiro atoms. The largest absolute Gasteiger partial charge is 0.381 e. The summed E-state index contributed by atoms with van der Waals surface area (Å²) in [6.45, 7) is 2.29. The van der Waals surface area contributed by atoms with Crippen LogP contribution in [0.4, 0.5) is 11.4 Å². The third-order valence-electron chi connectivity index (χ3n) is 2.08. The fourth-order valence-electron chi connectivity index (χ4n) is 1.21. The first-order valence-electron chi connectivity index (χ1n) is 4.73. The lowest BCUT2D eigenvalue weighted by molar-refractivity contribution is -0.385. The quantitative estimate of drug-likeness (QED) is 0.586. The molecule has 6 heteroatoms. The van der Waals surface area contributed by atoms with Gasteiger partial charge in [-0.15, -0.1) is 0 Å². The Balaban J connectivity index is 3.04. The first kappa shape index (κ1) is 11.9. The second-order valence-corrected chi connectivity index (χ2v) is 3.38. The highest BCUT2D eigenvalue weighted by Crippen LogP contribution is 2.22. The van der Waals surface area contributed by atoms with Crippen molar-refractivity contribution < 1.29 is 4.92 Å². The first-order chi connectivity index (χ1) is 7.58. The molecule has 1 aromatic carbocycles. The number of benzene rings is 1. The van der Waals surface area contributed by atoms with Gasteiger partial charge in [-0.2, -0.15) is 5.26 Å². The summed E-state index contributed by atoms with van der Waals surface area (Å²) in [6.07, 6.45) is 0. The minimum absolute atomic E-state index is 0.0209. The Kier molecular flexibility index (Phi) is 3.80. The van der Waals surface area contributed by atoms with Crippen LogP contribution in [0, 0.1) is 21.4 Å². The molecule has 0 aliphatic heterocycles. The van der Waals surface area contributed by atoms with E-state index in [0.717, 1.165) is 0 Å². The number of nitriles is 1. The van der Waals surface area contributed by atoms with Crippen molar-refractivity contribution in [3.05, 3.63) is 33.9 Å². The third-order valence-corrected chi connectivity index (χ3v) is 2.08. The highest BCUT2D eigenvalue weighted by molar-refractivity contribution is 5.59. The van der Waals surface area contributed by atoms with Gasteiger partial charge in [0.05, 0.1) is 4.92 Å². The average molecular weight is 220 g/mol. The summed E-state index contributed by atoms with van der Waals surface area (Å²) in [5.74, 6) is 0. The van der Waals surface area contributed by atoms with Gasteiger partial charge in [0, 0.05) is 24.3 Å². The second-order valence-electron chi connectivity index (χ2n) is 3.38. The maximum atomic E-state index is 10.7. The van der Waals surface area contributed by atoms with E-state index in [0.29, 0.717) is 12.2 Å². The molecule has 0 heterocycles. The highest BCUT2D eigenvalue weighted by Gasteiger charge is 2.14. The van der Waals surface area contributed by atoms with Crippen LogP contribution in [0.1, 0.15) is 12.5 Å². The summed E-state index contributed by atoms with van der Waals surface area (Å²) in [5, 5.41) is 22.4. The van der Waals surface area contributed by atoms with Crippen molar-refractivity contribution in [2.45, 2.75) is 13.0 Å². The molecule has 6 nitrogen and oxygen atoms in total. The van der Waals surface area contributed by atoms with E-state index < -0.39 is 4.92 Å². The molecule has 0 saturated carbocycles. The fraction of sp³-hybridized carbons (Fsp3) is 0.300. The van der Waals surface area contributed by atoms with Crippen molar-refractivity contribution in [1.82, 2.24) is 0 Å². The zero-order valence-electron chi connectivity index (χ0n) is 8.80. The van der Waals surface area contributed by atoms with E-state index in [1.807, 2.05) is 6.92 Å². The molecule has 0 radical (unpaired) electrons. The van der Waals surface area contributed by atoms with Crippen LogP contribution in [0.15, 0.2) is 18.2 Å². The predicted octanol–water partition coefficient (Wildman–Crippen LogP) is 1.23. The maximum Gasteiger partial charge on any atom is 0.289 e. The van der Waals surface area contributed by atoms with E-state index in [1.165, 1.54) is 12.1 Å². The van der Waals surface area contributed by atoms with Crippen LogP contribution in [0.2, 0.25) is 0 Å². The van der Waals surface area contributed by atoms with E-state index in [9.17, 15) is 10.1 Å². The Morgan fingerprint density at radius 3 is 2.88 bits per heavy atom. The Morgan fingerprint density at radius 2 is 2.38 bits per heavy atom. The zero-order valence-corrected chi connectivity index (χ0v) is 8.80. The van der Waals surface area contributed by atoms with Crippen LogP contribution in [0.5, 0.6) is 0 Å². The number of anilines is 1. The van der Waals surface area contributed by atoms with Crippen molar-refractivity contribution in [1.29, 1.82) is 5.26 Å². The number of nitrogens with zero attached hydrogens (tertiary/aromatic N) is 2. The molecular formula is C10H12N4O2. The molecule has 1 aromatic rings. The molecule has 0 saturated heterocycles. The summed E-state index contributed by atoms with van der Waals surface area (Å²) in [7, 11) is 0. The van der Waals surface area contributed by atoms with Crippen molar-refractivity contribution in [3.63, 3.8) is 0 Å². The van der Waals surface area contributed by atoms with E-state index in [-0.39, 0.29) is 17.3 Å². The van der Waals surface area contributed by atoms with E-state index in [1.54, 1.807) is 12.1 Å². The van der Waals surface area contributed by atoms with Crippen LogP contribution >= 0.6 is 0 Å². The van der Waals surface area contributed by atoms with Crippen LogP contribution in [-0.2, 0) is 0 Å². The van der Waals surface area contributed by atoms with Crippen molar-refractivity contribution in [2.24, 2.45) is 5.73 Å². The highest BCUT2D eigenvalue weighted by atomic mass is 16.6. The van der Waals surface area contributed by atoms with Gasteiger partial charge in [0.1, 0.15) is 11.6 Å². The number of hydrogen-bond donors (Lipinski definition) is 2. The molecule has 1 atom stereocenters. The van der Waals surface area contributed by atoms with Gasteiger partial charge in [0.15, 0.2) is 0 Å². The zero-order chi connectivity index (χ0) is 12.1. The topological polar surface area (TPSA) is 105 Å². The molecule has 84 valence electrons. The predicted molar refractivity (Wildman–Crippen MR) is 60.0 cm³/mol. The smallest absolute Gasteiger partial charge is 0.289 e. The van der Waals surface area contributed by atoms with Gasteiger partial charge in [-0.3, -0.25) is 10.1 Å². The number of nitrogens with two attached hydrogens (primary N) is 1. The summed E-state index contributed by atoms with van der Waals surface area (Å²) >= 11 is 0. The molecule has 3 N–H and O–H groups in total. The first-order valence-corrected chi connectivity index (χ1v) is 4.73. The van der Waals surface area contributed by atoms with Crippen LogP contribution in [-0.4, -0.2) is 17.5 Å². The number of rotatable bonds is 4. The molecule has 0 amide bonds. The molecule has 16 heavy (non-hydrogen) atoms. The van der Waals surface area contributed by atoms with Crippen LogP contribution in [0.3, 0.4) is 0 Å². The monoisotopic (exact) mass is 220 g/mol. The van der Waals surface area contributed by atoms with Gasteiger partial charge in [0.2, 0.25) is 0 Å². The molecule has 1 unspecified atom stereocenters. The van der Waals surface area contributed by atoms with E-state index >= 15 is 0 Å². The average Bonchev–Trinajstić information content (AvgIpc) is 2.28. The van der Waals surface area contributed by atoms with Crippen molar-refractivity contribution in [2.75, 3.05) is 11.9 Å². The van der Waals surface area contributed by atoms with Gasteiger partial charge >= 0.3 is 0 Å². The van der Waals surface area contributed by atoms with E-state index in [4.69, 9.17) is 11.0 Å². The van der Waals surface area contributed by atoms with Gasteiger partial charge < -0.3 is 11.1 Å². The summed E-state index contributed by atoms with van der Waals surface area (Å²) in [5.41, 5.74) is 5.87. The third kappa shape index (κ3) is 2.68. The number of hydrogen-bond acceptors (Lipinski definition) is 5. The molecule has 0 aromatic heterocycles. The molecule has 0 bridgehead atoms. The Morgan fingerprint density at radius 1 is 1.69 bits per heavy atom. The number of nitro benzene ring substituents is 1. The van der Waals surface area contributed by atoms with Crippen molar-refractivity contribution in [3.8, 4) is 6.07 Å². The van der Waals surface area contributed by atoms with Gasteiger partial charge in [-0.05, 0) is 19.1 Å². The Labute approximate surface area is 92.8 Å². The maximum absolute atomic E-state index is 10.7. The van der Waals surface area contributed by atoms with Crippen molar-refractivity contribution >= 4 is 11.4 Å². The Bertz CT molecular complexity index is 439. The fourth-order valence-corrected chi connectivity index (χ4v) is 1.21. The summed E-state index contributed by atoms with van der Waals surface area (Å²) < 4.78 is 0. The molecule has 0 aliphatic rings. The van der Waals surface area contributed by atoms with Crippen LogP contribution in [0.25, 0.3) is 0 Å². The SMILES string of the molecule is CC(CN)Nc1ccc(C#N)c([N+](=O)[O-])c1. The van der Waals surface area contributed by atoms with Gasteiger partial charge in [-0.25, -0.2) is 0 Å². The summed E-state index contributed by atoms with van der Waals surface area (Å²) in [4.78, 5) is 10.1. The molecule has 0 fully saturated rings. The number of nitrogens with one attached hydrogen (secondary N) is 1. The minimum Gasteiger partial charge on any atom is -0.381 e. The lowest BCUT2D eigenvalue weighted by atomic mass is 10.1. The van der Waals surface area contributed by atoms with Gasteiger partial charge in [-0.1, -0.05) is 0 Å². The lowest BCUT2D eigenvalue weighted by Gasteiger charge is -2.12. The summed E-state index contributed by atoms with van der Waals surface area (Å²) in [6, 6.07) is 6.18. The Hall–Kier alpha value is -2.13. The minimum atomic E-state index is -0.573. The van der Waals surface area contributed by atoms with E-state index in [2.05, 4.69) is 5.32 Å². The van der Waals surface area contributed by atoms with Crippen LogP contribution < -0.4 is 11.1 Å². The molecular weight excluding hydrogens is 208 g/mol. The normalized spacial score (nSPS) is 11.6. The molecule has 1 rings (SSSR count). The van der Waals surface area contributed by atoms with Gasteiger partial charge in [0.25, 0.3) is 5.69 Å². The number of nitro groups is 1. The standard InChI is InChI=1S/C10H12N4O2/c1-7(5-11)13-9-3-2-8(6-12)10(4-9)14(15)16/h2-4,7,13H,5,11H2,1H3. The lowest BCUT2D eigenvalue weighted by Crippen LogP contribution is -2.25.